The highest BCUT2D eigenvalue weighted by atomic mass is 35.5. The fraction of sp³-hybridized carbons (Fsp3) is 0.211. The van der Waals surface area contributed by atoms with Gasteiger partial charge in [0.1, 0.15) is 17.1 Å². The maximum Gasteiger partial charge on any atom is 0.273 e. The zero-order valence-corrected chi connectivity index (χ0v) is 15.6. The number of methoxy groups -OCH3 is 1. The van der Waals surface area contributed by atoms with Crippen molar-refractivity contribution in [1.29, 1.82) is 0 Å². The smallest absolute Gasteiger partial charge is 0.273 e. The van der Waals surface area contributed by atoms with Gasteiger partial charge in [-0.3, -0.25) is 4.79 Å². The van der Waals surface area contributed by atoms with Crippen LogP contribution in [0.5, 0.6) is 5.75 Å². The minimum Gasteiger partial charge on any atom is -0.496 e. The molecule has 0 aliphatic carbocycles. The highest BCUT2D eigenvalue weighted by molar-refractivity contribution is 6.31. The van der Waals surface area contributed by atoms with Crippen LogP contribution in [0, 0.1) is 5.82 Å². The molecule has 8 heteroatoms. The van der Waals surface area contributed by atoms with E-state index in [0.717, 1.165) is 6.42 Å². The van der Waals surface area contributed by atoms with Gasteiger partial charge < -0.3 is 15.8 Å². The van der Waals surface area contributed by atoms with Gasteiger partial charge in [-0.25, -0.2) is 4.39 Å². The predicted octanol–water partition coefficient (Wildman–Crippen LogP) is 3.82. The van der Waals surface area contributed by atoms with E-state index < -0.39 is 11.7 Å². The Morgan fingerprint density at radius 2 is 2.07 bits per heavy atom. The summed E-state index contributed by atoms with van der Waals surface area (Å²) in [5.41, 5.74) is 7.09. The Morgan fingerprint density at radius 3 is 2.78 bits per heavy atom. The van der Waals surface area contributed by atoms with Gasteiger partial charge in [0.2, 0.25) is 0 Å². The minimum atomic E-state index is -0.528. The molecule has 0 aliphatic heterocycles. The number of hydrogen-bond donors (Lipinski definition) is 2. The van der Waals surface area contributed by atoms with Crippen LogP contribution in [0.15, 0.2) is 30.3 Å². The quantitative estimate of drug-likeness (QED) is 0.693. The SMILES string of the molecule is CCCNC(=O)c1nnc2c(-c3cc(Cl)ccc3OC)c(F)ccc2c1N. The molecule has 0 saturated carbocycles. The topological polar surface area (TPSA) is 90.1 Å². The fourth-order valence-corrected chi connectivity index (χ4v) is 2.96. The first kappa shape index (κ1) is 18.8. The molecular formula is C19H18ClFN4O2. The Bertz CT molecular complexity index is 1030. The Kier molecular flexibility index (Phi) is 5.41. The fourth-order valence-electron chi connectivity index (χ4n) is 2.79. The van der Waals surface area contributed by atoms with Crippen molar-refractivity contribution >= 4 is 34.1 Å². The number of hydrogen-bond acceptors (Lipinski definition) is 5. The second-order valence-corrected chi connectivity index (χ2v) is 6.32. The number of halogens is 2. The molecule has 27 heavy (non-hydrogen) atoms. The molecule has 140 valence electrons. The van der Waals surface area contributed by atoms with E-state index in [1.54, 1.807) is 18.2 Å². The number of amides is 1. The van der Waals surface area contributed by atoms with Crippen LogP contribution < -0.4 is 15.8 Å². The third-order valence-electron chi connectivity index (χ3n) is 4.10. The maximum absolute atomic E-state index is 14.7. The van der Waals surface area contributed by atoms with Crippen LogP contribution in [0.1, 0.15) is 23.8 Å². The third kappa shape index (κ3) is 3.50. The summed E-state index contributed by atoms with van der Waals surface area (Å²) in [5.74, 6) is -0.522. The minimum absolute atomic E-state index is 0.00608. The van der Waals surface area contributed by atoms with E-state index in [0.29, 0.717) is 28.3 Å². The van der Waals surface area contributed by atoms with Gasteiger partial charge in [-0.05, 0) is 36.8 Å². The zero-order valence-electron chi connectivity index (χ0n) is 14.8. The Balaban J connectivity index is 2.24. The van der Waals surface area contributed by atoms with Gasteiger partial charge in [-0.15, -0.1) is 10.2 Å². The summed E-state index contributed by atoms with van der Waals surface area (Å²) in [5, 5.41) is 11.6. The maximum atomic E-state index is 14.7. The van der Waals surface area contributed by atoms with Crippen molar-refractivity contribution < 1.29 is 13.9 Å². The standard InChI is InChI=1S/C19H18ClFN4O2/c1-3-8-23-19(26)18-16(22)11-5-6-13(21)15(17(11)24-25-18)12-9-10(20)4-7-14(12)27-2/h4-7,9H,3,8H2,1-2H3,(H2,22,24)(H,23,26). The van der Waals surface area contributed by atoms with Gasteiger partial charge in [0.25, 0.3) is 5.91 Å². The van der Waals surface area contributed by atoms with Crippen LogP contribution in [0.3, 0.4) is 0 Å². The molecular weight excluding hydrogens is 371 g/mol. The second-order valence-electron chi connectivity index (χ2n) is 5.88. The zero-order chi connectivity index (χ0) is 19.6. The van der Waals surface area contributed by atoms with Crippen LogP contribution in [0.4, 0.5) is 10.1 Å². The van der Waals surface area contributed by atoms with Gasteiger partial charge in [0.15, 0.2) is 5.69 Å². The number of aromatic nitrogens is 2. The van der Waals surface area contributed by atoms with E-state index in [1.807, 2.05) is 6.92 Å². The van der Waals surface area contributed by atoms with Crippen molar-refractivity contribution in [2.75, 3.05) is 19.4 Å². The molecule has 0 unspecified atom stereocenters. The molecule has 2 aromatic carbocycles. The Labute approximate surface area is 160 Å². The summed E-state index contributed by atoms with van der Waals surface area (Å²) >= 11 is 6.08. The number of rotatable bonds is 5. The van der Waals surface area contributed by atoms with Gasteiger partial charge in [0, 0.05) is 28.1 Å². The summed E-state index contributed by atoms with van der Waals surface area (Å²) in [6.45, 7) is 2.43. The van der Waals surface area contributed by atoms with Gasteiger partial charge in [-0.1, -0.05) is 18.5 Å². The van der Waals surface area contributed by atoms with E-state index in [2.05, 4.69) is 15.5 Å². The van der Waals surface area contributed by atoms with Crippen LogP contribution >= 0.6 is 11.6 Å². The monoisotopic (exact) mass is 388 g/mol. The largest absolute Gasteiger partial charge is 0.496 e. The molecule has 0 bridgehead atoms. The molecule has 1 heterocycles. The summed E-state index contributed by atoms with van der Waals surface area (Å²) in [7, 11) is 1.48. The number of carbonyl (C=O) groups is 1. The van der Waals surface area contributed by atoms with Crippen molar-refractivity contribution in [3.05, 3.63) is 46.9 Å². The van der Waals surface area contributed by atoms with E-state index >= 15 is 0 Å². The van der Waals surface area contributed by atoms with Crippen molar-refractivity contribution in [2.24, 2.45) is 0 Å². The highest BCUT2D eigenvalue weighted by Gasteiger charge is 2.21. The molecule has 3 rings (SSSR count). The average molecular weight is 389 g/mol. The number of ether oxygens (including phenoxy) is 1. The summed E-state index contributed by atoms with van der Waals surface area (Å²) in [6, 6.07) is 7.61. The second kappa shape index (κ2) is 7.75. The Morgan fingerprint density at radius 1 is 1.30 bits per heavy atom. The van der Waals surface area contributed by atoms with Gasteiger partial charge >= 0.3 is 0 Å². The number of benzene rings is 2. The van der Waals surface area contributed by atoms with Crippen molar-refractivity contribution in [2.45, 2.75) is 13.3 Å². The highest BCUT2D eigenvalue weighted by Crippen LogP contribution is 2.39. The van der Waals surface area contributed by atoms with E-state index in [-0.39, 0.29) is 22.5 Å². The molecule has 0 radical (unpaired) electrons. The number of anilines is 1. The summed E-state index contributed by atoms with van der Waals surface area (Å²) in [4.78, 5) is 12.2. The molecule has 6 nitrogen and oxygen atoms in total. The van der Waals surface area contributed by atoms with Gasteiger partial charge in [0.05, 0.1) is 12.8 Å². The van der Waals surface area contributed by atoms with Crippen LogP contribution in [0.2, 0.25) is 5.02 Å². The van der Waals surface area contributed by atoms with E-state index in [1.165, 1.54) is 19.2 Å². The molecule has 0 spiro atoms. The molecule has 0 aliphatic rings. The molecule has 0 saturated heterocycles. The Hall–Kier alpha value is -2.93. The lowest BCUT2D eigenvalue weighted by molar-refractivity contribution is 0.0949. The first-order valence-corrected chi connectivity index (χ1v) is 8.72. The molecule has 0 atom stereocenters. The van der Waals surface area contributed by atoms with Crippen LogP contribution in [0.25, 0.3) is 22.0 Å². The molecule has 0 fully saturated rings. The summed E-state index contributed by atoms with van der Waals surface area (Å²) < 4.78 is 20.1. The molecule has 3 aromatic rings. The van der Waals surface area contributed by atoms with Gasteiger partial charge in [-0.2, -0.15) is 0 Å². The van der Waals surface area contributed by atoms with E-state index in [4.69, 9.17) is 22.1 Å². The lowest BCUT2D eigenvalue weighted by Gasteiger charge is -2.14. The van der Waals surface area contributed by atoms with Crippen molar-refractivity contribution in [3.63, 3.8) is 0 Å². The first-order valence-electron chi connectivity index (χ1n) is 8.34. The van der Waals surface area contributed by atoms with E-state index in [9.17, 15) is 9.18 Å². The first-order chi connectivity index (χ1) is 13.0. The normalized spacial score (nSPS) is 10.8. The molecule has 1 aromatic heterocycles. The number of nitrogens with two attached hydrogens (primary N) is 1. The third-order valence-corrected chi connectivity index (χ3v) is 4.34. The molecule has 3 N–H and O–H groups in total. The average Bonchev–Trinajstić information content (AvgIpc) is 2.66. The lowest BCUT2D eigenvalue weighted by Crippen LogP contribution is -2.26. The number of fused-ring (bicyclic) bond motifs is 1. The predicted molar refractivity (Wildman–Crippen MR) is 104 cm³/mol. The number of nitrogens with one attached hydrogen (secondary N) is 1. The number of nitrogen functional groups attached to an aromatic ring is 1. The molecule has 1 amide bonds. The van der Waals surface area contributed by atoms with Crippen LogP contribution in [-0.4, -0.2) is 29.8 Å². The number of nitrogens with zero attached hydrogens (tertiary/aromatic N) is 2. The lowest BCUT2D eigenvalue weighted by atomic mass is 9.99. The van der Waals surface area contributed by atoms with Crippen molar-refractivity contribution in [1.82, 2.24) is 15.5 Å². The van der Waals surface area contributed by atoms with Crippen LogP contribution in [-0.2, 0) is 0 Å². The van der Waals surface area contributed by atoms with Crippen molar-refractivity contribution in [3.8, 4) is 16.9 Å². The summed E-state index contributed by atoms with van der Waals surface area (Å²) in [6.07, 6.45) is 0.774. The number of carbonyl (C=O) groups excluding carboxylic acids is 1.